The van der Waals surface area contributed by atoms with Crippen LogP contribution in [-0.2, 0) is 0 Å². The quantitative estimate of drug-likeness (QED) is 0.646. The van der Waals surface area contributed by atoms with Crippen LogP contribution in [0.4, 0.5) is 0 Å². The molecule has 0 spiro atoms. The van der Waals surface area contributed by atoms with Crippen molar-refractivity contribution in [2.24, 2.45) is 0 Å². The molecule has 1 rings (SSSR count). The Morgan fingerprint density at radius 3 is 2.18 bits per heavy atom. The Hall–Kier alpha value is -0.660. The predicted octanol–water partition coefficient (Wildman–Crippen LogP) is 3.52. The van der Waals surface area contributed by atoms with Crippen molar-refractivity contribution in [2.45, 2.75) is 0 Å². The minimum absolute atomic E-state index is 0.550. The zero-order valence-corrected chi connectivity index (χ0v) is 7.19. The summed E-state index contributed by atoms with van der Waals surface area (Å²) >= 11 is 11.4. The number of benzene rings is 1. The lowest BCUT2D eigenvalue weighted by atomic mass is 10.3. The van der Waals surface area contributed by atoms with Gasteiger partial charge in [0.2, 0.25) is 0 Å². The van der Waals surface area contributed by atoms with Gasteiger partial charge >= 0.3 is 0 Å². The molecule has 0 aliphatic carbocycles. The Morgan fingerprint density at radius 1 is 1.18 bits per heavy atom. The molecule has 1 aromatic carbocycles. The van der Waals surface area contributed by atoms with Gasteiger partial charge in [0.15, 0.2) is 0 Å². The van der Waals surface area contributed by atoms with E-state index in [9.17, 15) is 0 Å². The number of hydrogen-bond donors (Lipinski definition) is 0. The van der Waals surface area contributed by atoms with Gasteiger partial charge in [0.1, 0.15) is 5.75 Å². The van der Waals surface area contributed by atoms with Crippen molar-refractivity contribution in [3.8, 4) is 5.75 Å². The number of ether oxygens (including phenoxy) is 1. The van der Waals surface area contributed by atoms with Crippen LogP contribution >= 0.6 is 23.2 Å². The van der Waals surface area contributed by atoms with Crippen LogP contribution < -0.4 is 4.74 Å². The highest BCUT2D eigenvalue weighted by Gasteiger charge is 1.96. The molecule has 0 bridgehead atoms. The van der Waals surface area contributed by atoms with Crippen molar-refractivity contribution in [3.63, 3.8) is 0 Å². The summed E-state index contributed by atoms with van der Waals surface area (Å²) in [5, 5.41) is 1.10. The van der Waals surface area contributed by atoms with Crippen molar-refractivity contribution < 1.29 is 4.74 Å². The zero-order chi connectivity index (χ0) is 8.27. The minimum Gasteiger partial charge on any atom is -0.466 e. The van der Waals surface area contributed by atoms with Gasteiger partial charge in [-0.05, 0) is 18.2 Å². The van der Waals surface area contributed by atoms with E-state index in [1.165, 1.54) is 6.26 Å². The van der Waals surface area contributed by atoms with E-state index in [1.54, 1.807) is 18.2 Å². The van der Waals surface area contributed by atoms with Crippen molar-refractivity contribution in [1.29, 1.82) is 0 Å². The third-order valence-corrected chi connectivity index (χ3v) is 1.49. The van der Waals surface area contributed by atoms with Crippen molar-refractivity contribution in [3.05, 3.63) is 41.1 Å². The highest BCUT2D eigenvalue weighted by Crippen LogP contribution is 2.23. The van der Waals surface area contributed by atoms with E-state index >= 15 is 0 Å². The fourth-order valence-electron chi connectivity index (χ4n) is 0.693. The average Bonchev–Trinajstić information content (AvgIpc) is 1.85. The summed E-state index contributed by atoms with van der Waals surface area (Å²) < 4.78 is 4.96. The fourth-order valence-corrected chi connectivity index (χ4v) is 1.20. The Balaban J connectivity index is 2.98. The van der Waals surface area contributed by atoms with Crippen LogP contribution in [0.15, 0.2) is 31.0 Å². The Morgan fingerprint density at radius 2 is 1.73 bits per heavy atom. The van der Waals surface area contributed by atoms with Gasteiger partial charge in [-0.2, -0.15) is 0 Å². The first-order valence-electron chi connectivity index (χ1n) is 2.96. The van der Waals surface area contributed by atoms with E-state index in [-0.39, 0.29) is 0 Å². The van der Waals surface area contributed by atoms with Crippen molar-refractivity contribution >= 4 is 23.2 Å². The average molecular weight is 189 g/mol. The fraction of sp³-hybridized carbons (Fsp3) is 0. The lowest BCUT2D eigenvalue weighted by Gasteiger charge is -1.99. The molecule has 58 valence electrons. The van der Waals surface area contributed by atoms with Gasteiger partial charge in [-0.1, -0.05) is 29.8 Å². The van der Waals surface area contributed by atoms with E-state index in [0.717, 1.165) is 0 Å². The topological polar surface area (TPSA) is 9.23 Å². The minimum atomic E-state index is 0.550. The van der Waals surface area contributed by atoms with Crippen LogP contribution in [0.5, 0.6) is 5.75 Å². The molecule has 0 aliphatic rings. The molecule has 3 heteroatoms. The molecule has 0 atom stereocenters. The maximum absolute atomic E-state index is 5.69. The maximum atomic E-state index is 5.69. The zero-order valence-electron chi connectivity index (χ0n) is 5.68. The first-order chi connectivity index (χ1) is 5.22. The smallest absolute Gasteiger partial charge is 0.129 e. The summed E-state index contributed by atoms with van der Waals surface area (Å²) in [6, 6.07) is 4.96. The molecule has 0 heterocycles. The number of halogens is 2. The molecule has 0 saturated heterocycles. The second-order valence-electron chi connectivity index (χ2n) is 1.89. The van der Waals surface area contributed by atoms with E-state index in [0.29, 0.717) is 15.8 Å². The third-order valence-electron chi connectivity index (χ3n) is 1.06. The summed E-state index contributed by atoms with van der Waals surface area (Å²) in [4.78, 5) is 0. The molecule has 0 amide bonds. The summed E-state index contributed by atoms with van der Waals surface area (Å²) in [6.07, 6.45) is 1.32. The van der Waals surface area contributed by atoms with E-state index < -0.39 is 0 Å². The van der Waals surface area contributed by atoms with Gasteiger partial charge in [-0.15, -0.1) is 0 Å². The molecule has 0 unspecified atom stereocenters. The molecule has 0 aromatic heterocycles. The van der Waals surface area contributed by atoms with Crippen molar-refractivity contribution in [1.82, 2.24) is 0 Å². The SMILES string of the molecule is C=COc1cc(Cl)cc(Cl)c1. The van der Waals surface area contributed by atoms with Crippen molar-refractivity contribution in [2.75, 3.05) is 0 Å². The molecule has 0 saturated carbocycles. The first-order valence-corrected chi connectivity index (χ1v) is 3.71. The summed E-state index contributed by atoms with van der Waals surface area (Å²) in [7, 11) is 0. The molecule has 0 fully saturated rings. The largest absolute Gasteiger partial charge is 0.466 e. The van der Waals surface area contributed by atoms with E-state index in [4.69, 9.17) is 27.9 Å². The first kappa shape index (κ1) is 8.44. The van der Waals surface area contributed by atoms with Crippen LogP contribution in [-0.4, -0.2) is 0 Å². The molecule has 1 aromatic rings. The molecule has 0 aliphatic heterocycles. The highest BCUT2D eigenvalue weighted by atomic mass is 35.5. The molecule has 1 nitrogen and oxygen atoms in total. The summed E-state index contributed by atoms with van der Waals surface area (Å²) in [5.74, 6) is 0.595. The molecular weight excluding hydrogens is 183 g/mol. The van der Waals surface area contributed by atoms with Gasteiger partial charge in [0, 0.05) is 10.0 Å². The molecule has 11 heavy (non-hydrogen) atoms. The van der Waals surface area contributed by atoms with Gasteiger partial charge < -0.3 is 4.74 Å². The maximum Gasteiger partial charge on any atom is 0.129 e. The molecule has 0 radical (unpaired) electrons. The van der Waals surface area contributed by atoms with Gasteiger partial charge in [0.25, 0.3) is 0 Å². The van der Waals surface area contributed by atoms with Gasteiger partial charge in [-0.3, -0.25) is 0 Å². The van der Waals surface area contributed by atoms with E-state index in [1.807, 2.05) is 0 Å². The normalized spacial score (nSPS) is 9.27. The predicted molar refractivity (Wildman–Crippen MR) is 47.3 cm³/mol. The summed E-state index contributed by atoms with van der Waals surface area (Å²) in [6.45, 7) is 3.41. The standard InChI is InChI=1S/C8H6Cl2O/c1-2-11-8-4-6(9)3-7(10)5-8/h2-5H,1H2. The third kappa shape index (κ3) is 2.45. The highest BCUT2D eigenvalue weighted by molar-refractivity contribution is 6.34. The summed E-state index contributed by atoms with van der Waals surface area (Å²) in [5.41, 5.74) is 0. The van der Waals surface area contributed by atoms with Crippen LogP contribution in [0.2, 0.25) is 10.0 Å². The Bertz CT molecular complexity index is 251. The monoisotopic (exact) mass is 188 g/mol. The Labute approximate surface area is 75.2 Å². The number of rotatable bonds is 2. The molecule has 0 N–H and O–H groups in total. The van der Waals surface area contributed by atoms with Crippen LogP contribution in [0.25, 0.3) is 0 Å². The molecular formula is C8H6Cl2O. The van der Waals surface area contributed by atoms with E-state index in [2.05, 4.69) is 6.58 Å². The second-order valence-corrected chi connectivity index (χ2v) is 2.76. The van der Waals surface area contributed by atoms with Gasteiger partial charge in [-0.25, -0.2) is 0 Å². The Kier molecular flexibility index (Phi) is 2.80. The van der Waals surface area contributed by atoms with Gasteiger partial charge in [0.05, 0.1) is 6.26 Å². The van der Waals surface area contributed by atoms with Crippen LogP contribution in [0.3, 0.4) is 0 Å². The second kappa shape index (κ2) is 3.65. The lowest BCUT2D eigenvalue weighted by Crippen LogP contribution is -1.79. The van der Waals surface area contributed by atoms with Crippen LogP contribution in [0.1, 0.15) is 0 Å². The lowest BCUT2D eigenvalue weighted by molar-refractivity contribution is 0.483. The number of hydrogen-bond acceptors (Lipinski definition) is 1. The van der Waals surface area contributed by atoms with Crippen LogP contribution in [0, 0.1) is 0 Å².